The van der Waals surface area contributed by atoms with E-state index in [-0.39, 0.29) is 5.82 Å². The Kier molecular flexibility index (Phi) is 5.60. The van der Waals surface area contributed by atoms with Gasteiger partial charge in [-0.15, -0.1) is 0 Å². The van der Waals surface area contributed by atoms with Gasteiger partial charge in [0, 0.05) is 6.04 Å². The van der Waals surface area contributed by atoms with E-state index in [0.717, 1.165) is 12.0 Å². The van der Waals surface area contributed by atoms with Gasteiger partial charge in [-0.25, -0.2) is 4.39 Å². The predicted octanol–water partition coefficient (Wildman–Crippen LogP) is 3.26. The van der Waals surface area contributed by atoms with E-state index in [1.165, 1.54) is 7.11 Å². The first-order chi connectivity index (χ1) is 8.49. The van der Waals surface area contributed by atoms with E-state index in [2.05, 4.69) is 26.1 Å². The lowest BCUT2D eigenvalue weighted by Crippen LogP contribution is -2.35. The predicted molar refractivity (Wildman–Crippen MR) is 73.5 cm³/mol. The molecule has 2 nitrogen and oxygen atoms in total. The summed E-state index contributed by atoms with van der Waals surface area (Å²) < 4.78 is 18.6. The molecule has 0 amide bonds. The van der Waals surface area contributed by atoms with Crippen molar-refractivity contribution < 1.29 is 9.13 Å². The molecule has 1 aromatic rings. The Bertz CT molecular complexity index is 379. The Hall–Kier alpha value is -1.09. The molecule has 18 heavy (non-hydrogen) atoms. The van der Waals surface area contributed by atoms with Gasteiger partial charge in [0.15, 0.2) is 11.6 Å². The summed E-state index contributed by atoms with van der Waals surface area (Å²) >= 11 is 0. The van der Waals surface area contributed by atoms with E-state index in [0.29, 0.717) is 23.6 Å². The van der Waals surface area contributed by atoms with E-state index in [9.17, 15) is 4.39 Å². The van der Waals surface area contributed by atoms with Crippen molar-refractivity contribution in [2.75, 3.05) is 14.2 Å². The minimum Gasteiger partial charge on any atom is -0.494 e. The van der Waals surface area contributed by atoms with Crippen molar-refractivity contribution in [3.63, 3.8) is 0 Å². The third-order valence-corrected chi connectivity index (χ3v) is 3.64. The minimum absolute atomic E-state index is 0.283. The van der Waals surface area contributed by atoms with Gasteiger partial charge in [0.2, 0.25) is 0 Å². The first-order valence-corrected chi connectivity index (χ1v) is 6.49. The van der Waals surface area contributed by atoms with E-state index >= 15 is 0 Å². The Balaban J connectivity index is 2.84. The highest BCUT2D eigenvalue weighted by atomic mass is 19.1. The second-order valence-corrected chi connectivity index (χ2v) is 5.16. The highest BCUT2D eigenvalue weighted by Gasteiger charge is 2.20. The summed E-state index contributed by atoms with van der Waals surface area (Å²) in [5.41, 5.74) is 1.02. The maximum atomic E-state index is 13.6. The number of halogens is 1. The number of nitrogens with one attached hydrogen (secondary N) is 1. The molecule has 2 unspecified atom stereocenters. The fourth-order valence-corrected chi connectivity index (χ4v) is 2.31. The fraction of sp³-hybridized carbons (Fsp3) is 0.600. The standard InChI is InChI=1S/C15H24FNO/c1-10(2)13(11(3)17-4)8-12-6-7-15(18-5)14(16)9-12/h6-7,9-11,13,17H,8H2,1-5H3. The zero-order valence-corrected chi connectivity index (χ0v) is 12.0. The van der Waals surface area contributed by atoms with Crippen LogP contribution in [0.25, 0.3) is 0 Å². The largest absolute Gasteiger partial charge is 0.494 e. The Morgan fingerprint density at radius 1 is 1.28 bits per heavy atom. The summed E-state index contributed by atoms with van der Waals surface area (Å²) in [6.45, 7) is 6.58. The van der Waals surface area contributed by atoms with Crippen molar-refractivity contribution in [3.8, 4) is 5.75 Å². The molecule has 0 aromatic heterocycles. The van der Waals surface area contributed by atoms with Gasteiger partial charge in [-0.3, -0.25) is 0 Å². The van der Waals surface area contributed by atoms with E-state index in [1.807, 2.05) is 13.1 Å². The quantitative estimate of drug-likeness (QED) is 0.840. The number of hydrogen-bond acceptors (Lipinski definition) is 2. The lowest BCUT2D eigenvalue weighted by Gasteiger charge is -2.27. The summed E-state index contributed by atoms with van der Waals surface area (Å²) in [4.78, 5) is 0. The van der Waals surface area contributed by atoms with E-state index < -0.39 is 0 Å². The zero-order chi connectivity index (χ0) is 13.7. The van der Waals surface area contributed by atoms with Crippen LogP contribution in [0.3, 0.4) is 0 Å². The van der Waals surface area contributed by atoms with Gasteiger partial charge >= 0.3 is 0 Å². The first kappa shape index (κ1) is 15.0. The molecule has 1 N–H and O–H groups in total. The van der Waals surface area contributed by atoms with Crippen molar-refractivity contribution >= 4 is 0 Å². The summed E-state index contributed by atoms with van der Waals surface area (Å²) in [6.07, 6.45) is 0.876. The molecule has 1 aromatic carbocycles. The van der Waals surface area contributed by atoms with Gasteiger partial charge in [-0.05, 0) is 49.9 Å². The van der Waals surface area contributed by atoms with Crippen molar-refractivity contribution in [1.29, 1.82) is 0 Å². The number of benzene rings is 1. The summed E-state index contributed by atoms with van der Waals surface area (Å²) in [6, 6.07) is 5.64. The highest BCUT2D eigenvalue weighted by molar-refractivity contribution is 5.29. The molecule has 0 aliphatic heterocycles. The summed E-state index contributed by atoms with van der Waals surface area (Å²) in [7, 11) is 3.45. The molecule has 0 heterocycles. The maximum Gasteiger partial charge on any atom is 0.165 e. The Morgan fingerprint density at radius 3 is 2.39 bits per heavy atom. The minimum atomic E-state index is -0.283. The Morgan fingerprint density at radius 2 is 1.94 bits per heavy atom. The van der Waals surface area contributed by atoms with Crippen molar-refractivity contribution in [1.82, 2.24) is 5.32 Å². The monoisotopic (exact) mass is 253 g/mol. The van der Waals surface area contributed by atoms with Crippen molar-refractivity contribution in [2.24, 2.45) is 11.8 Å². The number of ether oxygens (including phenoxy) is 1. The number of methoxy groups -OCH3 is 1. The molecular weight excluding hydrogens is 229 g/mol. The molecular formula is C15H24FNO. The lowest BCUT2D eigenvalue weighted by atomic mass is 9.84. The highest BCUT2D eigenvalue weighted by Crippen LogP contribution is 2.24. The van der Waals surface area contributed by atoms with Gasteiger partial charge in [0.05, 0.1) is 7.11 Å². The van der Waals surface area contributed by atoms with E-state index in [4.69, 9.17) is 4.74 Å². The van der Waals surface area contributed by atoms with Crippen LogP contribution in [-0.2, 0) is 6.42 Å². The van der Waals surface area contributed by atoms with Crippen LogP contribution in [0.2, 0.25) is 0 Å². The molecule has 3 heteroatoms. The van der Waals surface area contributed by atoms with Gasteiger partial charge < -0.3 is 10.1 Å². The zero-order valence-electron chi connectivity index (χ0n) is 12.0. The molecule has 0 aliphatic rings. The van der Waals surface area contributed by atoms with Gasteiger partial charge in [-0.2, -0.15) is 0 Å². The van der Waals surface area contributed by atoms with Crippen LogP contribution >= 0.6 is 0 Å². The number of hydrogen-bond donors (Lipinski definition) is 1. The maximum absolute atomic E-state index is 13.6. The average molecular weight is 253 g/mol. The molecule has 0 fully saturated rings. The van der Waals surface area contributed by atoms with Crippen LogP contribution in [-0.4, -0.2) is 20.2 Å². The van der Waals surface area contributed by atoms with Gasteiger partial charge in [0.1, 0.15) is 0 Å². The molecule has 102 valence electrons. The van der Waals surface area contributed by atoms with Crippen LogP contribution < -0.4 is 10.1 Å². The summed E-state index contributed by atoms with van der Waals surface area (Å²) in [5, 5.41) is 3.29. The second kappa shape index (κ2) is 6.74. The van der Waals surface area contributed by atoms with Gasteiger partial charge in [-0.1, -0.05) is 19.9 Å². The number of rotatable bonds is 6. The Labute approximate surface area is 110 Å². The van der Waals surface area contributed by atoms with Crippen LogP contribution in [0.4, 0.5) is 4.39 Å². The molecule has 0 spiro atoms. The van der Waals surface area contributed by atoms with Crippen LogP contribution in [0.5, 0.6) is 5.75 Å². The third kappa shape index (κ3) is 3.70. The molecule has 0 saturated carbocycles. The first-order valence-electron chi connectivity index (χ1n) is 6.49. The van der Waals surface area contributed by atoms with Crippen LogP contribution in [0, 0.1) is 17.7 Å². The van der Waals surface area contributed by atoms with Crippen LogP contribution in [0.15, 0.2) is 18.2 Å². The average Bonchev–Trinajstić information content (AvgIpc) is 2.35. The SMILES string of the molecule is CNC(C)C(Cc1ccc(OC)c(F)c1)C(C)C. The molecule has 1 rings (SSSR count). The third-order valence-electron chi connectivity index (χ3n) is 3.64. The normalized spacial score (nSPS) is 14.6. The molecule has 0 bridgehead atoms. The smallest absolute Gasteiger partial charge is 0.165 e. The summed E-state index contributed by atoms with van der Waals surface area (Å²) in [5.74, 6) is 1.07. The van der Waals surface area contributed by atoms with Crippen molar-refractivity contribution in [2.45, 2.75) is 33.2 Å². The molecule has 0 radical (unpaired) electrons. The second-order valence-electron chi connectivity index (χ2n) is 5.16. The van der Waals surface area contributed by atoms with Crippen LogP contribution in [0.1, 0.15) is 26.3 Å². The topological polar surface area (TPSA) is 21.3 Å². The van der Waals surface area contributed by atoms with Crippen molar-refractivity contribution in [3.05, 3.63) is 29.6 Å². The fourth-order valence-electron chi connectivity index (χ4n) is 2.31. The van der Waals surface area contributed by atoms with E-state index in [1.54, 1.807) is 12.1 Å². The molecule has 2 atom stereocenters. The molecule has 0 saturated heterocycles. The van der Waals surface area contributed by atoms with Gasteiger partial charge in [0.25, 0.3) is 0 Å². The molecule has 0 aliphatic carbocycles. The lowest BCUT2D eigenvalue weighted by molar-refractivity contribution is 0.299.